The summed E-state index contributed by atoms with van der Waals surface area (Å²) < 4.78 is 0. The van der Waals surface area contributed by atoms with Crippen LogP contribution in [0.3, 0.4) is 0 Å². The molecule has 1 nitrogen and oxygen atoms in total. The van der Waals surface area contributed by atoms with Crippen molar-refractivity contribution in [2.24, 2.45) is 35.5 Å². The Morgan fingerprint density at radius 1 is 0.833 bits per heavy atom. The zero-order valence-electron chi connectivity index (χ0n) is 7.24. The molecule has 6 atom stereocenters. The van der Waals surface area contributed by atoms with Gasteiger partial charge in [0.1, 0.15) is 0 Å². The van der Waals surface area contributed by atoms with Crippen molar-refractivity contribution in [2.45, 2.75) is 6.42 Å². The average molecular weight is 161 g/mol. The van der Waals surface area contributed by atoms with Gasteiger partial charge in [-0.3, -0.25) is 0 Å². The molecule has 1 heterocycles. The molecule has 0 aromatic carbocycles. The summed E-state index contributed by atoms with van der Waals surface area (Å²) in [4.78, 5) is 0. The first-order chi connectivity index (χ1) is 5.95. The molecule has 0 radical (unpaired) electrons. The lowest BCUT2D eigenvalue weighted by molar-refractivity contribution is 0.156. The number of hydrogen-bond acceptors (Lipinski definition) is 1. The SMILES string of the molecule is C1=C[C@H]2[C@H]3CNC[C@H]3[C@@H]1[C@H]1C[C@@H]21. The first-order valence-corrected chi connectivity index (χ1v) is 5.34. The Balaban J connectivity index is 1.83. The molecule has 64 valence electrons. The zero-order chi connectivity index (χ0) is 7.71. The van der Waals surface area contributed by atoms with Crippen LogP contribution in [-0.4, -0.2) is 13.1 Å². The van der Waals surface area contributed by atoms with Gasteiger partial charge < -0.3 is 5.32 Å². The van der Waals surface area contributed by atoms with Crippen molar-refractivity contribution in [2.75, 3.05) is 13.1 Å². The Morgan fingerprint density at radius 3 is 2.00 bits per heavy atom. The summed E-state index contributed by atoms with van der Waals surface area (Å²) in [5, 5.41) is 3.57. The molecular formula is C11H15N. The van der Waals surface area contributed by atoms with Gasteiger partial charge in [0.15, 0.2) is 0 Å². The van der Waals surface area contributed by atoms with Gasteiger partial charge in [-0.2, -0.15) is 0 Å². The van der Waals surface area contributed by atoms with Gasteiger partial charge in [-0.1, -0.05) is 12.2 Å². The van der Waals surface area contributed by atoms with Crippen molar-refractivity contribution < 1.29 is 0 Å². The minimum Gasteiger partial charge on any atom is -0.316 e. The Kier molecular flexibility index (Phi) is 0.926. The highest BCUT2D eigenvalue weighted by atomic mass is 14.9. The fourth-order valence-electron chi connectivity index (χ4n) is 4.15. The number of nitrogens with one attached hydrogen (secondary N) is 1. The Bertz CT molecular complexity index is 234. The number of allylic oxidation sites excluding steroid dienone is 2. The molecule has 1 N–H and O–H groups in total. The van der Waals surface area contributed by atoms with Gasteiger partial charge in [-0.25, -0.2) is 0 Å². The fourth-order valence-corrected chi connectivity index (χ4v) is 4.15. The quantitative estimate of drug-likeness (QED) is 0.528. The fraction of sp³-hybridized carbons (Fsp3) is 0.818. The molecule has 5 rings (SSSR count). The average Bonchev–Trinajstić information content (AvgIpc) is 2.77. The van der Waals surface area contributed by atoms with Crippen molar-refractivity contribution in [3.8, 4) is 0 Å². The molecule has 0 aromatic rings. The number of rotatable bonds is 0. The molecule has 3 fully saturated rings. The third-order valence-corrected chi connectivity index (χ3v) is 4.73. The van der Waals surface area contributed by atoms with E-state index in [9.17, 15) is 0 Å². The van der Waals surface area contributed by atoms with Gasteiger partial charge in [-0.15, -0.1) is 0 Å². The minimum atomic E-state index is 0.972. The van der Waals surface area contributed by atoms with Crippen molar-refractivity contribution >= 4 is 0 Å². The van der Waals surface area contributed by atoms with Crippen LogP contribution in [0.1, 0.15) is 6.42 Å². The standard InChI is InChI=1S/C11H15N/c1-2-7-9-3-8(9)6(1)10-4-12-5-11(7)10/h1-2,6-12H,3-5H2/t6-,7+,8+,9-,10-,11+. The minimum absolute atomic E-state index is 0.972. The van der Waals surface area contributed by atoms with Gasteiger partial charge in [0.2, 0.25) is 0 Å². The highest BCUT2D eigenvalue weighted by molar-refractivity contribution is 5.22. The first-order valence-electron chi connectivity index (χ1n) is 5.34. The van der Waals surface area contributed by atoms with Crippen LogP contribution in [0.4, 0.5) is 0 Å². The van der Waals surface area contributed by atoms with Gasteiger partial charge in [0.05, 0.1) is 0 Å². The van der Waals surface area contributed by atoms with E-state index in [2.05, 4.69) is 17.5 Å². The second kappa shape index (κ2) is 1.79. The van der Waals surface area contributed by atoms with Crippen LogP contribution in [-0.2, 0) is 0 Å². The molecule has 2 bridgehead atoms. The summed E-state index contributed by atoms with van der Waals surface area (Å²) in [7, 11) is 0. The van der Waals surface area contributed by atoms with Crippen LogP contribution in [0.25, 0.3) is 0 Å². The molecule has 4 aliphatic carbocycles. The molecule has 1 saturated heterocycles. The molecule has 0 spiro atoms. The molecule has 12 heavy (non-hydrogen) atoms. The Morgan fingerprint density at radius 2 is 1.42 bits per heavy atom. The van der Waals surface area contributed by atoms with Crippen LogP contribution >= 0.6 is 0 Å². The second-order valence-corrected chi connectivity index (χ2v) is 5.09. The van der Waals surface area contributed by atoms with Crippen LogP contribution in [0.15, 0.2) is 12.2 Å². The van der Waals surface area contributed by atoms with Crippen molar-refractivity contribution in [1.82, 2.24) is 5.32 Å². The summed E-state index contributed by atoms with van der Waals surface area (Å²) in [5.74, 6) is 6.20. The zero-order valence-corrected chi connectivity index (χ0v) is 7.24. The molecule has 2 saturated carbocycles. The van der Waals surface area contributed by atoms with Crippen LogP contribution in [0, 0.1) is 35.5 Å². The van der Waals surface area contributed by atoms with E-state index in [0.29, 0.717) is 0 Å². The largest absolute Gasteiger partial charge is 0.316 e. The van der Waals surface area contributed by atoms with Crippen LogP contribution < -0.4 is 5.32 Å². The van der Waals surface area contributed by atoms with E-state index in [0.717, 1.165) is 35.5 Å². The highest BCUT2D eigenvalue weighted by Gasteiger charge is 2.59. The van der Waals surface area contributed by atoms with Crippen molar-refractivity contribution in [3.05, 3.63) is 12.2 Å². The van der Waals surface area contributed by atoms with E-state index in [1.54, 1.807) is 6.42 Å². The van der Waals surface area contributed by atoms with E-state index in [1.807, 2.05) is 0 Å². The maximum atomic E-state index is 3.57. The Labute approximate surface area is 73.2 Å². The summed E-state index contributed by atoms with van der Waals surface area (Å²) >= 11 is 0. The van der Waals surface area contributed by atoms with Crippen LogP contribution in [0.5, 0.6) is 0 Å². The third-order valence-electron chi connectivity index (χ3n) is 4.73. The van der Waals surface area contributed by atoms with E-state index >= 15 is 0 Å². The maximum Gasteiger partial charge on any atom is -0.00113 e. The molecule has 0 unspecified atom stereocenters. The van der Waals surface area contributed by atoms with E-state index in [4.69, 9.17) is 0 Å². The summed E-state index contributed by atoms with van der Waals surface area (Å²) in [5.41, 5.74) is 0. The normalized spacial score (nSPS) is 64.7. The molecule has 1 heteroatoms. The van der Waals surface area contributed by atoms with Gasteiger partial charge >= 0.3 is 0 Å². The monoisotopic (exact) mass is 161 g/mol. The van der Waals surface area contributed by atoms with Gasteiger partial charge in [0, 0.05) is 0 Å². The molecule has 0 amide bonds. The summed E-state index contributed by atoms with van der Waals surface area (Å²) in [6.07, 6.45) is 6.62. The molecule has 1 aliphatic heterocycles. The Hall–Kier alpha value is -0.300. The summed E-state index contributed by atoms with van der Waals surface area (Å²) in [6, 6.07) is 0. The molecular weight excluding hydrogens is 146 g/mol. The lowest BCUT2D eigenvalue weighted by atomic mass is 9.64. The molecule has 0 aromatic heterocycles. The molecule has 5 aliphatic rings. The smallest absolute Gasteiger partial charge is 0.00113 e. The van der Waals surface area contributed by atoms with E-state index in [-0.39, 0.29) is 0 Å². The first kappa shape index (κ1) is 6.20. The van der Waals surface area contributed by atoms with Crippen molar-refractivity contribution in [3.63, 3.8) is 0 Å². The lowest BCUT2D eigenvalue weighted by Crippen LogP contribution is -2.37. The van der Waals surface area contributed by atoms with Gasteiger partial charge in [-0.05, 0) is 55.0 Å². The van der Waals surface area contributed by atoms with E-state index < -0.39 is 0 Å². The predicted molar refractivity (Wildman–Crippen MR) is 47.6 cm³/mol. The number of hydrogen-bond donors (Lipinski definition) is 1. The van der Waals surface area contributed by atoms with Crippen molar-refractivity contribution in [1.29, 1.82) is 0 Å². The maximum absolute atomic E-state index is 3.57. The van der Waals surface area contributed by atoms with E-state index in [1.165, 1.54) is 13.1 Å². The second-order valence-electron chi connectivity index (χ2n) is 5.09. The summed E-state index contributed by atoms with van der Waals surface area (Å²) in [6.45, 7) is 2.61. The highest BCUT2D eigenvalue weighted by Crippen LogP contribution is 2.63. The van der Waals surface area contributed by atoms with Gasteiger partial charge in [0.25, 0.3) is 0 Å². The van der Waals surface area contributed by atoms with Crippen LogP contribution in [0.2, 0.25) is 0 Å². The predicted octanol–water partition coefficient (Wildman–Crippen LogP) is 1.27. The third kappa shape index (κ3) is 0.545. The topological polar surface area (TPSA) is 12.0 Å². The lowest BCUT2D eigenvalue weighted by Gasteiger charge is -2.40.